The molecule has 7 nitrogen and oxygen atoms in total. The molecule has 0 amide bonds. The van der Waals surface area contributed by atoms with Gasteiger partial charge in [0, 0.05) is 5.39 Å². The van der Waals surface area contributed by atoms with Crippen molar-refractivity contribution in [2.45, 2.75) is 0 Å². The zero-order valence-electron chi connectivity index (χ0n) is 12.0. The van der Waals surface area contributed by atoms with Gasteiger partial charge in [0.1, 0.15) is 23.6 Å². The predicted octanol–water partition coefficient (Wildman–Crippen LogP) is 3.16. The highest BCUT2D eigenvalue weighted by Gasteiger charge is 2.23. The highest BCUT2D eigenvalue weighted by Crippen LogP contribution is 2.43. The summed E-state index contributed by atoms with van der Waals surface area (Å²) < 4.78 is 16.0. The number of aromatic nitrogens is 3. The summed E-state index contributed by atoms with van der Waals surface area (Å²) in [5, 5.41) is 4.39. The molecule has 0 radical (unpaired) electrons. The molecule has 1 aliphatic heterocycles. The van der Waals surface area contributed by atoms with Crippen LogP contribution in [0, 0.1) is 0 Å². The standard InChI is InChI=1S/C15H11ClN4O3/c1-21-8-2-3-11-9(4-8)14(19-6-18-11)20-12-10(16)5-17-15-13(12)22-7-23-15/h2-6H,7H2,1H3,(H,17,18,19,20). The van der Waals surface area contributed by atoms with E-state index < -0.39 is 0 Å². The second-order valence-electron chi connectivity index (χ2n) is 4.75. The van der Waals surface area contributed by atoms with Gasteiger partial charge < -0.3 is 19.5 Å². The largest absolute Gasteiger partial charge is 0.497 e. The van der Waals surface area contributed by atoms with Crippen molar-refractivity contribution in [2.24, 2.45) is 0 Å². The Morgan fingerprint density at radius 2 is 2.13 bits per heavy atom. The Balaban J connectivity index is 1.84. The second-order valence-corrected chi connectivity index (χ2v) is 5.16. The number of halogens is 1. The Morgan fingerprint density at radius 1 is 1.22 bits per heavy atom. The number of nitrogens with one attached hydrogen (secondary N) is 1. The summed E-state index contributed by atoms with van der Waals surface area (Å²) in [5.74, 6) is 2.15. The number of ether oxygens (including phenoxy) is 3. The van der Waals surface area contributed by atoms with Gasteiger partial charge in [-0.05, 0) is 18.2 Å². The normalized spacial score (nSPS) is 12.4. The number of anilines is 2. The maximum atomic E-state index is 6.24. The fourth-order valence-corrected chi connectivity index (χ4v) is 2.51. The lowest BCUT2D eigenvalue weighted by molar-refractivity contribution is 0.171. The zero-order chi connectivity index (χ0) is 15.8. The zero-order valence-corrected chi connectivity index (χ0v) is 12.8. The first-order valence-corrected chi connectivity index (χ1v) is 7.14. The molecule has 0 saturated carbocycles. The maximum absolute atomic E-state index is 6.24. The highest BCUT2D eigenvalue weighted by molar-refractivity contribution is 6.33. The van der Waals surface area contributed by atoms with E-state index in [4.69, 9.17) is 25.8 Å². The van der Waals surface area contributed by atoms with E-state index in [1.54, 1.807) is 7.11 Å². The average Bonchev–Trinajstić information content (AvgIpc) is 3.06. The summed E-state index contributed by atoms with van der Waals surface area (Å²) in [6.07, 6.45) is 2.98. The smallest absolute Gasteiger partial charge is 0.262 e. The van der Waals surface area contributed by atoms with Crippen molar-refractivity contribution in [3.63, 3.8) is 0 Å². The Bertz CT molecular complexity index is 903. The van der Waals surface area contributed by atoms with Crippen LogP contribution in [0.4, 0.5) is 11.5 Å². The van der Waals surface area contributed by atoms with E-state index in [2.05, 4.69) is 20.3 Å². The topological polar surface area (TPSA) is 78.4 Å². The third kappa shape index (κ3) is 2.35. The summed E-state index contributed by atoms with van der Waals surface area (Å²) in [6.45, 7) is 0.107. The number of fused-ring (bicyclic) bond motifs is 2. The van der Waals surface area contributed by atoms with Crippen molar-refractivity contribution in [3.8, 4) is 17.4 Å². The summed E-state index contributed by atoms with van der Waals surface area (Å²) in [4.78, 5) is 12.6. The number of hydrogen-bond acceptors (Lipinski definition) is 7. The molecule has 3 heterocycles. The van der Waals surface area contributed by atoms with Gasteiger partial charge in [-0.15, -0.1) is 0 Å². The number of rotatable bonds is 3. The molecule has 8 heteroatoms. The summed E-state index contributed by atoms with van der Waals surface area (Å²) in [5.41, 5.74) is 1.33. The van der Waals surface area contributed by atoms with E-state index >= 15 is 0 Å². The predicted molar refractivity (Wildman–Crippen MR) is 84.7 cm³/mol. The van der Waals surface area contributed by atoms with Crippen LogP contribution in [-0.2, 0) is 0 Å². The SMILES string of the molecule is COc1ccc2ncnc(Nc3c(Cl)cnc4c3OCO4)c2c1. The van der Waals surface area contributed by atoms with Gasteiger partial charge in [-0.3, -0.25) is 0 Å². The molecule has 0 saturated heterocycles. The lowest BCUT2D eigenvalue weighted by atomic mass is 10.2. The van der Waals surface area contributed by atoms with Gasteiger partial charge in [0.2, 0.25) is 12.5 Å². The van der Waals surface area contributed by atoms with E-state index in [0.29, 0.717) is 33.9 Å². The van der Waals surface area contributed by atoms with Gasteiger partial charge in [-0.2, -0.15) is 0 Å². The summed E-state index contributed by atoms with van der Waals surface area (Å²) >= 11 is 6.24. The molecule has 2 aromatic heterocycles. The third-order valence-corrected chi connectivity index (χ3v) is 3.73. The van der Waals surface area contributed by atoms with Crippen molar-refractivity contribution in [2.75, 3.05) is 19.2 Å². The molecule has 4 rings (SSSR count). The molecule has 0 atom stereocenters. The quantitative estimate of drug-likeness (QED) is 0.790. The minimum atomic E-state index is 0.107. The van der Waals surface area contributed by atoms with Crippen LogP contribution in [-0.4, -0.2) is 28.9 Å². The first kappa shape index (κ1) is 13.8. The van der Waals surface area contributed by atoms with E-state index in [-0.39, 0.29) is 6.79 Å². The van der Waals surface area contributed by atoms with Crippen molar-refractivity contribution in [1.82, 2.24) is 15.0 Å². The Labute approximate surface area is 136 Å². The van der Waals surface area contributed by atoms with Gasteiger partial charge >= 0.3 is 0 Å². The Hall–Kier alpha value is -2.80. The van der Waals surface area contributed by atoms with Gasteiger partial charge in [0.25, 0.3) is 5.88 Å². The summed E-state index contributed by atoms with van der Waals surface area (Å²) in [6, 6.07) is 5.55. The molecule has 0 fully saturated rings. The average molecular weight is 331 g/mol. The molecular formula is C15H11ClN4O3. The Morgan fingerprint density at radius 3 is 3.00 bits per heavy atom. The molecule has 1 aliphatic rings. The molecule has 1 aromatic carbocycles. The molecule has 0 spiro atoms. The lowest BCUT2D eigenvalue weighted by Crippen LogP contribution is -1.99. The maximum Gasteiger partial charge on any atom is 0.262 e. The van der Waals surface area contributed by atoms with Gasteiger partial charge in [0.05, 0.1) is 23.8 Å². The fraction of sp³-hybridized carbons (Fsp3) is 0.133. The minimum Gasteiger partial charge on any atom is -0.497 e. The number of methoxy groups -OCH3 is 1. The first-order valence-electron chi connectivity index (χ1n) is 6.76. The van der Waals surface area contributed by atoms with E-state index in [9.17, 15) is 0 Å². The van der Waals surface area contributed by atoms with E-state index in [1.807, 2.05) is 18.2 Å². The van der Waals surface area contributed by atoms with Crippen LogP contribution >= 0.6 is 11.6 Å². The van der Waals surface area contributed by atoms with Crippen LogP contribution in [0.2, 0.25) is 5.02 Å². The molecule has 23 heavy (non-hydrogen) atoms. The molecule has 1 N–H and O–H groups in total. The van der Waals surface area contributed by atoms with Crippen LogP contribution < -0.4 is 19.5 Å². The lowest BCUT2D eigenvalue weighted by Gasteiger charge is -2.12. The van der Waals surface area contributed by atoms with Crippen molar-refractivity contribution in [3.05, 3.63) is 35.7 Å². The van der Waals surface area contributed by atoms with Crippen molar-refractivity contribution < 1.29 is 14.2 Å². The number of hydrogen-bond donors (Lipinski definition) is 1. The van der Waals surface area contributed by atoms with Gasteiger partial charge in [0.15, 0.2) is 0 Å². The molecule has 116 valence electrons. The number of benzene rings is 1. The van der Waals surface area contributed by atoms with Crippen LogP contribution in [0.1, 0.15) is 0 Å². The van der Waals surface area contributed by atoms with Crippen molar-refractivity contribution in [1.29, 1.82) is 0 Å². The van der Waals surface area contributed by atoms with E-state index in [0.717, 1.165) is 10.9 Å². The molecule has 0 bridgehead atoms. The molecule has 3 aromatic rings. The Kier molecular flexibility index (Phi) is 3.27. The van der Waals surface area contributed by atoms with Crippen molar-refractivity contribution >= 4 is 34.0 Å². The van der Waals surface area contributed by atoms with Gasteiger partial charge in [-0.25, -0.2) is 15.0 Å². The highest BCUT2D eigenvalue weighted by atomic mass is 35.5. The second kappa shape index (κ2) is 5.44. The molecular weight excluding hydrogens is 320 g/mol. The monoisotopic (exact) mass is 330 g/mol. The minimum absolute atomic E-state index is 0.107. The molecule has 0 aliphatic carbocycles. The van der Waals surface area contributed by atoms with Crippen LogP contribution in [0.5, 0.6) is 17.4 Å². The fourth-order valence-electron chi connectivity index (χ4n) is 2.33. The van der Waals surface area contributed by atoms with Gasteiger partial charge in [-0.1, -0.05) is 11.6 Å². The van der Waals surface area contributed by atoms with E-state index in [1.165, 1.54) is 12.5 Å². The van der Waals surface area contributed by atoms with Crippen LogP contribution in [0.15, 0.2) is 30.7 Å². The van der Waals surface area contributed by atoms with Crippen LogP contribution in [0.25, 0.3) is 10.9 Å². The third-order valence-electron chi connectivity index (χ3n) is 3.44. The van der Waals surface area contributed by atoms with Crippen LogP contribution in [0.3, 0.4) is 0 Å². The molecule has 0 unspecified atom stereocenters. The number of nitrogens with zero attached hydrogens (tertiary/aromatic N) is 3. The summed E-state index contributed by atoms with van der Waals surface area (Å²) in [7, 11) is 1.61. The first-order chi connectivity index (χ1) is 11.3. The number of pyridine rings is 1.